The lowest BCUT2D eigenvalue weighted by Crippen LogP contribution is -2.12. The van der Waals surface area contributed by atoms with Gasteiger partial charge in [-0.05, 0) is 37.8 Å². The van der Waals surface area contributed by atoms with Crippen molar-refractivity contribution in [1.82, 2.24) is 4.98 Å². The molecule has 0 saturated heterocycles. The molecule has 0 fully saturated rings. The monoisotopic (exact) mass is 330 g/mol. The van der Waals surface area contributed by atoms with E-state index in [1.807, 2.05) is 0 Å². The van der Waals surface area contributed by atoms with E-state index in [2.05, 4.69) is 11.1 Å². The van der Waals surface area contributed by atoms with Gasteiger partial charge in [0.25, 0.3) is 0 Å². The van der Waals surface area contributed by atoms with Gasteiger partial charge >= 0.3 is 5.97 Å². The van der Waals surface area contributed by atoms with E-state index in [1.165, 1.54) is 17.8 Å². The smallest absolute Gasteiger partial charge is 0.340 e. The fourth-order valence-electron chi connectivity index (χ4n) is 2.26. The van der Waals surface area contributed by atoms with Crippen LogP contribution >= 0.6 is 11.8 Å². The Balaban J connectivity index is 2.84. The van der Waals surface area contributed by atoms with E-state index < -0.39 is 11.8 Å². The summed E-state index contributed by atoms with van der Waals surface area (Å²) in [5.41, 5.74) is 1.29. The predicted octanol–water partition coefficient (Wildman–Crippen LogP) is 3.97. The first kappa shape index (κ1) is 17.0. The van der Waals surface area contributed by atoms with Crippen LogP contribution in [0.15, 0.2) is 29.3 Å². The van der Waals surface area contributed by atoms with E-state index in [-0.39, 0.29) is 23.4 Å². The molecule has 0 aliphatic rings. The van der Waals surface area contributed by atoms with Gasteiger partial charge in [0.1, 0.15) is 16.9 Å². The molecule has 2 rings (SSSR count). The maximum atomic E-state index is 14.2. The first-order chi connectivity index (χ1) is 11.0. The highest BCUT2D eigenvalue weighted by Gasteiger charge is 2.25. The summed E-state index contributed by atoms with van der Waals surface area (Å²) in [4.78, 5) is 16.7. The zero-order valence-electron chi connectivity index (χ0n) is 13.0. The molecule has 23 heavy (non-hydrogen) atoms. The molecule has 0 radical (unpaired) electrons. The van der Waals surface area contributed by atoms with Gasteiger partial charge < -0.3 is 4.74 Å². The zero-order chi connectivity index (χ0) is 17.0. The SMILES string of the molecule is CCOC(=O)c1c(-c2ccccc2F)nc(SC)c(C#N)c1C. The van der Waals surface area contributed by atoms with Gasteiger partial charge in [0, 0.05) is 5.56 Å². The van der Waals surface area contributed by atoms with Crippen LogP contribution in [0.2, 0.25) is 0 Å². The second kappa shape index (κ2) is 7.25. The van der Waals surface area contributed by atoms with Crippen LogP contribution in [0.4, 0.5) is 4.39 Å². The molecular formula is C17H15FN2O2S. The molecule has 6 heteroatoms. The second-order valence-electron chi connectivity index (χ2n) is 4.66. The van der Waals surface area contributed by atoms with Crippen LogP contribution in [0.1, 0.15) is 28.4 Å². The van der Waals surface area contributed by atoms with Gasteiger partial charge in [0.2, 0.25) is 0 Å². The van der Waals surface area contributed by atoms with E-state index >= 15 is 0 Å². The number of halogens is 1. The third-order valence-electron chi connectivity index (χ3n) is 3.33. The van der Waals surface area contributed by atoms with Crippen molar-refractivity contribution >= 4 is 17.7 Å². The first-order valence-corrected chi connectivity index (χ1v) is 8.18. The summed E-state index contributed by atoms with van der Waals surface area (Å²) in [6, 6.07) is 8.15. The normalized spacial score (nSPS) is 10.2. The van der Waals surface area contributed by atoms with Gasteiger partial charge in [-0.3, -0.25) is 0 Å². The van der Waals surface area contributed by atoms with E-state index in [9.17, 15) is 14.4 Å². The number of thioether (sulfide) groups is 1. The minimum Gasteiger partial charge on any atom is -0.462 e. The molecule has 1 aromatic carbocycles. The molecule has 4 nitrogen and oxygen atoms in total. The van der Waals surface area contributed by atoms with Crippen LogP contribution in [0, 0.1) is 24.1 Å². The number of ether oxygens (including phenoxy) is 1. The summed E-state index contributed by atoms with van der Waals surface area (Å²) in [5, 5.41) is 9.81. The maximum absolute atomic E-state index is 14.2. The third kappa shape index (κ3) is 3.20. The Morgan fingerprint density at radius 1 is 1.43 bits per heavy atom. The second-order valence-corrected chi connectivity index (χ2v) is 5.45. The average molecular weight is 330 g/mol. The topological polar surface area (TPSA) is 63.0 Å². The van der Waals surface area contributed by atoms with Crippen molar-refractivity contribution in [3.63, 3.8) is 0 Å². The van der Waals surface area contributed by atoms with E-state index in [1.54, 1.807) is 38.3 Å². The number of benzene rings is 1. The largest absolute Gasteiger partial charge is 0.462 e. The van der Waals surface area contributed by atoms with Crippen LogP contribution in [0.3, 0.4) is 0 Å². The number of rotatable bonds is 4. The van der Waals surface area contributed by atoms with Gasteiger partial charge in [0.05, 0.1) is 23.4 Å². The summed E-state index contributed by atoms with van der Waals surface area (Å²) in [5.74, 6) is -1.10. The standard InChI is InChI=1S/C17H15FN2O2S/c1-4-22-17(21)14-10(2)12(9-19)16(23-3)20-15(14)11-7-5-6-8-13(11)18/h5-8H,4H2,1-3H3. The zero-order valence-corrected chi connectivity index (χ0v) is 13.8. The van der Waals surface area contributed by atoms with Crippen molar-refractivity contribution in [2.45, 2.75) is 18.9 Å². The Morgan fingerprint density at radius 2 is 2.13 bits per heavy atom. The van der Waals surface area contributed by atoms with Gasteiger partial charge in [-0.2, -0.15) is 5.26 Å². The molecule has 2 aromatic rings. The number of nitrogens with zero attached hydrogens (tertiary/aromatic N) is 2. The Kier molecular flexibility index (Phi) is 5.35. The first-order valence-electron chi connectivity index (χ1n) is 6.95. The number of nitriles is 1. The molecule has 0 saturated carbocycles. The third-order valence-corrected chi connectivity index (χ3v) is 4.01. The van der Waals surface area contributed by atoms with Crippen molar-refractivity contribution in [1.29, 1.82) is 5.26 Å². The Hall–Kier alpha value is -2.39. The number of carbonyl (C=O) groups is 1. The fourth-order valence-corrected chi connectivity index (χ4v) is 2.84. The van der Waals surface area contributed by atoms with Gasteiger partial charge in [0.15, 0.2) is 0 Å². The van der Waals surface area contributed by atoms with Gasteiger partial charge in [-0.25, -0.2) is 14.2 Å². The number of pyridine rings is 1. The number of aromatic nitrogens is 1. The van der Waals surface area contributed by atoms with Crippen LogP contribution in [0.5, 0.6) is 0 Å². The minimum absolute atomic E-state index is 0.131. The van der Waals surface area contributed by atoms with Crippen molar-refractivity contribution in [2.24, 2.45) is 0 Å². The quantitative estimate of drug-likeness (QED) is 0.627. The molecule has 0 spiro atoms. The lowest BCUT2D eigenvalue weighted by molar-refractivity contribution is 0.0526. The molecular weight excluding hydrogens is 315 g/mol. The highest BCUT2D eigenvalue weighted by atomic mass is 32.2. The number of esters is 1. The Bertz CT molecular complexity index is 800. The molecule has 0 aliphatic carbocycles. The number of hydrogen-bond donors (Lipinski definition) is 0. The lowest BCUT2D eigenvalue weighted by atomic mass is 9.98. The summed E-state index contributed by atoms with van der Waals surface area (Å²) in [7, 11) is 0. The summed E-state index contributed by atoms with van der Waals surface area (Å²) < 4.78 is 19.3. The van der Waals surface area contributed by atoms with Crippen LogP contribution in [-0.2, 0) is 4.74 Å². The predicted molar refractivity (Wildman–Crippen MR) is 86.8 cm³/mol. The highest BCUT2D eigenvalue weighted by Crippen LogP contribution is 2.33. The van der Waals surface area contributed by atoms with Crippen LogP contribution in [-0.4, -0.2) is 23.8 Å². The van der Waals surface area contributed by atoms with Gasteiger partial charge in [-0.1, -0.05) is 12.1 Å². The van der Waals surface area contributed by atoms with Crippen molar-refractivity contribution in [3.8, 4) is 17.3 Å². The summed E-state index contributed by atoms with van der Waals surface area (Å²) >= 11 is 1.27. The number of carbonyl (C=O) groups excluding carboxylic acids is 1. The van der Waals surface area contributed by atoms with E-state index in [4.69, 9.17) is 4.74 Å². The lowest BCUT2D eigenvalue weighted by Gasteiger charge is -2.15. The molecule has 118 valence electrons. The molecule has 0 amide bonds. The van der Waals surface area contributed by atoms with E-state index in [0.29, 0.717) is 16.2 Å². The average Bonchev–Trinajstić information content (AvgIpc) is 2.54. The van der Waals surface area contributed by atoms with Crippen molar-refractivity contribution in [2.75, 3.05) is 12.9 Å². The van der Waals surface area contributed by atoms with Gasteiger partial charge in [-0.15, -0.1) is 11.8 Å². The van der Waals surface area contributed by atoms with E-state index in [0.717, 1.165) is 0 Å². The Morgan fingerprint density at radius 3 is 2.70 bits per heavy atom. The Labute approximate surface area is 138 Å². The molecule has 0 N–H and O–H groups in total. The summed E-state index contributed by atoms with van der Waals surface area (Å²) in [6.07, 6.45) is 1.78. The molecule has 0 unspecified atom stereocenters. The van der Waals surface area contributed by atoms with Crippen molar-refractivity contribution < 1.29 is 13.9 Å². The van der Waals surface area contributed by atoms with Crippen LogP contribution in [0.25, 0.3) is 11.3 Å². The fraction of sp³-hybridized carbons (Fsp3) is 0.235. The van der Waals surface area contributed by atoms with Crippen molar-refractivity contribution in [3.05, 3.63) is 46.8 Å². The van der Waals surface area contributed by atoms with Crippen LogP contribution < -0.4 is 0 Å². The molecule has 1 heterocycles. The summed E-state index contributed by atoms with van der Waals surface area (Å²) in [6.45, 7) is 3.52. The number of hydrogen-bond acceptors (Lipinski definition) is 5. The minimum atomic E-state index is -0.611. The molecule has 0 aliphatic heterocycles. The molecule has 0 bridgehead atoms. The highest BCUT2D eigenvalue weighted by molar-refractivity contribution is 7.98. The molecule has 1 aromatic heterocycles. The maximum Gasteiger partial charge on any atom is 0.340 e. The molecule has 0 atom stereocenters.